The van der Waals surface area contributed by atoms with Crippen LogP contribution in [0.1, 0.15) is 35.2 Å². The molecule has 122 valence electrons. The molecule has 23 heavy (non-hydrogen) atoms. The molecule has 4 heteroatoms. The normalized spacial score (nSPS) is 12.0. The summed E-state index contributed by atoms with van der Waals surface area (Å²) in [4.78, 5) is 12.0. The van der Waals surface area contributed by atoms with Gasteiger partial charge in [0.1, 0.15) is 5.82 Å². The van der Waals surface area contributed by atoms with E-state index < -0.39 is 0 Å². The molecule has 0 saturated carbocycles. The van der Waals surface area contributed by atoms with E-state index >= 15 is 0 Å². The fourth-order valence-corrected chi connectivity index (χ4v) is 3.07. The molecule has 2 aromatic carbocycles. The zero-order chi connectivity index (χ0) is 16.8. The van der Waals surface area contributed by atoms with Gasteiger partial charge >= 0.3 is 0 Å². The molecule has 0 radical (unpaired) electrons. The highest BCUT2D eigenvalue weighted by atomic mass is 32.2. The van der Waals surface area contributed by atoms with Crippen LogP contribution in [0.5, 0.6) is 0 Å². The van der Waals surface area contributed by atoms with Gasteiger partial charge in [0.25, 0.3) is 0 Å². The van der Waals surface area contributed by atoms with Crippen molar-refractivity contribution in [2.24, 2.45) is 0 Å². The van der Waals surface area contributed by atoms with E-state index in [0.29, 0.717) is 11.5 Å². The SMILES string of the molecule is Cc1ccc([C@@H](C)NC(=O)CSCc2cccc(F)c2)cc1C. The van der Waals surface area contributed by atoms with Crippen LogP contribution in [0.15, 0.2) is 42.5 Å². The van der Waals surface area contributed by atoms with Crippen LogP contribution in [0.25, 0.3) is 0 Å². The molecule has 1 amide bonds. The van der Waals surface area contributed by atoms with Crippen molar-refractivity contribution in [3.8, 4) is 0 Å². The van der Waals surface area contributed by atoms with Crippen LogP contribution < -0.4 is 5.32 Å². The van der Waals surface area contributed by atoms with Crippen LogP contribution in [-0.4, -0.2) is 11.7 Å². The lowest BCUT2D eigenvalue weighted by Crippen LogP contribution is -2.28. The van der Waals surface area contributed by atoms with Crippen LogP contribution >= 0.6 is 11.8 Å². The van der Waals surface area contributed by atoms with Crippen molar-refractivity contribution in [3.05, 3.63) is 70.5 Å². The molecule has 0 aliphatic carbocycles. The molecule has 0 aliphatic rings. The van der Waals surface area contributed by atoms with Crippen molar-refractivity contribution >= 4 is 17.7 Å². The molecule has 2 rings (SSSR count). The average molecular weight is 331 g/mol. The fourth-order valence-electron chi connectivity index (χ4n) is 2.29. The van der Waals surface area contributed by atoms with Gasteiger partial charge in [-0.15, -0.1) is 11.8 Å². The second-order valence-corrected chi connectivity index (χ2v) is 6.74. The first-order valence-electron chi connectivity index (χ1n) is 7.64. The Morgan fingerprint density at radius 1 is 1.17 bits per heavy atom. The Morgan fingerprint density at radius 2 is 1.96 bits per heavy atom. The summed E-state index contributed by atoms with van der Waals surface area (Å²) < 4.78 is 13.1. The molecule has 0 aliphatic heterocycles. The van der Waals surface area contributed by atoms with Crippen molar-refractivity contribution in [1.29, 1.82) is 0 Å². The lowest BCUT2D eigenvalue weighted by atomic mass is 10.0. The number of benzene rings is 2. The number of halogens is 1. The minimum Gasteiger partial charge on any atom is -0.349 e. The second kappa shape index (κ2) is 8.16. The summed E-state index contributed by atoms with van der Waals surface area (Å²) in [6, 6.07) is 12.7. The molecule has 0 fully saturated rings. The van der Waals surface area contributed by atoms with Gasteiger partial charge in [-0.05, 0) is 55.2 Å². The molecule has 1 atom stereocenters. The maximum atomic E-state index is 13.1. The van der Waals surface area contributed by atoms with Crippen molar-refractivity contribution in [2.75, 3.05) is 5.75 Å². The molecule has 0 spiro atoms. The Balaban J connectivity index is 1.81. The molecule has 0 aromatic heterocycles. The van der Waals surface area contributed by atoms with E-state index in [9.17, 15) is 9.18 Å². The quantitative estimate of drug-likeness (QED) is 0.841. The molecule has 0 bridgehead atoms. The third-order valence-corrected chi connectivity index (χ3v) is 4.80. The number of thioether (sulfide) groups is 1. The first-order chi connectivity index (χ1) is 11.0. The molecule has 0 unspecified atom stereocenters. The lowest BCUT2D eigenvalue weighted by molar-refractivity contribution is -0.119. The summed E-state index contributed by atoms with van der Waals surface area (Å²) in [5, 5.41) is 3.01. The Kier molecular flexibility index (Phi) is 6.22. The third kappa shape index (κ3) is 5.39. The van der Waals surface area contributed by atoms with Crippen LogP contribution in [0.3, 0.4) is 0 Å². The van der Waals surface area contributed by atoms with Gasteiger partial charge in [0.05, 0.1) is 11.8 Å². The van der Waals surface area contributed by atoms with Gasteiger partial charge in [-0.3, -0.25) is 4.79 Å². The van der Waals surface area contributed by atoms with E-state index in [1.165, 1.54) is 35.0 Å². The summed E-state index contributed by atoms with van der Waals surface area (Å²) >= 11 is 1.49. The van der Waals surface area contributed by atoms with E-state index in [2.05, 4.69) is 31.3 Å². The number of carbonyl (C=O) groups is 1. The van der Waals surface area contributed by atoms with Gasteiger partial charge in [-0.2, -0.15) is 0 Å². The van der Waals surface area contributed by atoms with Crippen LogP contribution in [-0.2, 0) is 10.5 Å². The average Bonchev–Trinajstić information content (AvgIpc) is 2.50. The second-order valence-electron chi connectivity index (χ2n) is 5.76. The number of hydrogen-bond acceptors (Lipinski definition) is 2. The van der Waals surface area contributed by atoms with Crippen LogP contribution in [0.2, 0.25) is 0 Å². The standard InChI is InChI=1S/C19H22FNOS/c1-13-7-8-17(9-14(13)2)15(3)21-19(22)12-23-11-16-5-4-6-18(20)10-16/h4-10,15H,11-12H2,1-3H3,(H,21,22)/t15-/m1/s1. The first kappa shape index (κ1) is 17.5. The Bertz CT molecular complexity index is 687. The van der Waals surface area contributed by atoms with Crippen molar-refractivity contribution in [2.45, 2.75) is 32.6 Å². The molecule has 2 nitrogen and oxygen atoms in total. The molecular formula is C19H22FNOS. The smallest absolute Gasteiger partial charge is 0.230 e. The van der Waals surface area contributed by atoms with Crippen LogP contribution in [0.4, 0.5) is 4.39 Å². The summed E-state index contributed by atoms with van der Waals surface area (Å²) in [6.07, 6.45) is 0. The molecule has 2 aromatic rings. The number of hydrogen-bond donors (Lipinski definition) is 1. The zero-order valence-electron chi connectivity index (χ0n) is 13.7. The van der Waals surface area contributed by atoms with Gasteiger partial charge in [-0.25, -0.2) is 4.39 Å². The van der Waals surface area contributed by atoms with Crippen molar-refractivity contribution in [1.82, 2.24) is 5.32 Å². The molecule has 1 N–H and O–H groups in total. The first-order valence-corrected chi connectivity index (χ1v) is 8.80. The highest BCUT2D eigenvalue weighted by molar-refractivity contribution is 7.99. The van der Waals surface area contributed by atoms with Gasteiger partial charge in [0.2, 0.25) is 5.91 Å². The number of aryl methyl sites for hydroxylation is 2. The summed E-state index contributed by atoms with van der Waals surface area (Å²) in [5.74, 6) is 0.752. The van der Waals surface area contributed by atoms with Crippen molar-refractivity contribution < 1.29 is 9.18 Å². The number of nitrogens with one attached hydrogen (secondary N) is 1. The summed E-state index contributed by atoms with van der Waals surface area (Å²) in [5.41, 5.74) is 4.48. The molecular weight excluding hydrogens is 309 g/mol. The zero-order valence-corrected chi connectivity index (χ0v) is 14.5. The summed E-state index contributed by atoms with van der Waals surface area (Å²) in [6.45, 7) is 6.13. The maximum Gasteiger partial charge on any atom is 0.230 e. The number of rotatable bonds is 6. The topological polar surface area (TPSA) is 29.1 Å². The monoisotopic (exact) mass is 331 g/mol. The predicted molar refractivity (Wildman–Crippen MR) is 95.0 cm³/mol. The lowest BCUT2D eigenvalue weighted by Gasteiger charge is -2.15. The third-order valence-electron chi connectivity index (χ3n) is 3.80. The summed E-state index contributed by atoms with van der Waals surface area (Å²) in [7, 11) is 0. The Labute approximate surface area is 141 Å². The fraction of sp³-hybridized carbons (Fsp3) is 0.316. The molecule has 0 heterocycles. The Hall–Kier alpha value is -1.81. The van der Waals surface area contributed by atoms with Crippen molar-refractivity contribution in [3.63, 3.8) is 0 Å². The molecule has 0 saturated heterocycles. The van der Waals surface area contributed by atoms with Gasteiger partial charge in [0, 0.05) is 5.75 Å². The van der Waals surface area contributed by atoms with E-state index in [4.69, 9.17) is 0 Å². The minimum atomic E-state index is -0.240. The van der Waals surface area contributed by atoms with E-state index in [-0.39, 0.29) is 17.8 Å². The highest BCUT2D eigenvalue weighted by Crippen LogP contribution is 2.18. The van der Waals surface area contributed by atoms with E-state index in [1.54, 1.807) is 6.07 Å². The van der Waals surface area contributed by atoms with Gasteiger partial charge in [0.15, 0.2) is 0 Å². The van der Waals surface area contributed by atoms with Gasteiger partial charge < -0.3 is 5.32 Å². The van der Waals surface area contributed by atoms with Crippen LogP contribution in [0, 0.1) is 19.7 Å². The van der Waals surface area contributed by atoms with Gasteiger partial charge in [-0.1, -0.05) is 30.3 Å². The van der Waals surface area contributed by atoms with E-state index in [0.717, 1.165) is 11.1 Å². The highest BCUT2D eigenvalue weighted by Gasteiger charge is 2.10. The predicted octanol–water partition coefficient (Wildman–Crippen LogP) is 4.55. The minimum absolute atomic E-state index is 0.00266. The largest absolute Gasteiger partial charge is 0.349 e. The number of amides is 1. The Morgan fingerprint density at radius 3 is 2.65 bits per heavy atom. The van der Waals surface area contributed by atoms with E-state index in [1.807, 2.05) is 19.1 Å². The number of carbonyl (C=O) groups excluding carboxylic acids is 1. The maximum absolute atomic E-state index is 13.1.